The molecule has 1 N–H and O–H groups in total. The molecule has 3 heteroatoms. The fraction of sp³-hybridized carbons (Fsp3) is 0.533. The minimum Gasteiger partial charge on any atom is -0.450 e. The normalized spacial score (nSPS) is 38.2. The van der Waals surface area contributed by atoms with Crippen molar-refractivity contribution in [2.24, 2.45) is 0 Å². The maximum atomic E-state index is 11.7. The molecule has 0 radical (unpaired) electrons. The van der Waals surface area contributed by atoms with Crippen molar-refractivity contribution in [2.75, 3.05) is 0 Å². The maximum Gasteiger partial charge on any atom is 0.334 e. The molecule has 2 bridgehead atoms. The molecule has 0 aromatic carbocycles. The van der Waals surface area contributed by atoms with E-state index in [0.29, 0.717) is 18.4 Å². The molecule has 1 aliphatic heterocycles. The van der Waals surface area contributed by atoms with Crippen molar-refractivity contribution in [2.45, 2.75) is 51.2 Å². The molecule has 0 unspecified atom stereocenters. The molecule has 4 aliphatic rings. The van der Waals surface area contributed by atoms with Gasteiger partial charge < -0.3 is 9.84 Å². The van der Waals surface area contributed by atoms with Crippen LogP contribution in [0.3, 0.4) is 0 Å². The Bertz CT molecular complexity index is 500. The molecular formula is C15H18O3. The van der Waals surface area contributed by atoms with E-state index in [-0.39, 0.29) is 12.1 Å². The van der Waals surface area contributed by atoms with Crippen molar-refractivity contribution in [1.29, 1.82) is 0 Å². The number of esters is 1. The first-order valence-corrected chi connectivity index (χ1v) is 6.49. The van der Waals surface area contributed by atoms with Crippen molar-refractivity contribution in [3.63, 3.8) is 0 Å². The molecule has 96 valence electrons. The van der Waals surface area contributed by atoms with Gasteiger partial charge in [-0.15, -0.1) is 0 Å². The van der Waals surface area contributed by atoms with E-state index in [2.05, 4.69) is 13.0 Å². The molecule has 18 heavy (non-hydrogen) atoms. The molecule has 1 heterocycles. The average Bonchev–Trinajstić information content (AvgIpc) is 2.52. The second-order valence-electron chi connectivity index (χ2n) is 5.66. The zero-order valence-electron chi connectivity index (χ0n) is 10.8. The fourth-order valence-electron chi connectivity index (χ4n) is 3.20. The Hall–Kier alpha value is -1.35. The number of carbonyl (C=O) groups excluding carboxylic acids is 1. The molecule has 0 aromatic heterocycles. The summed E-state index contributed by atoms with van der Waals surface area (Å²) < 4.78 is 5.37. The third-order valence-corrected chi connectivity index (χ3v) is 4.18. The Kier molecular flexibility index (Phi) is 2.49. The number of aliphatic hydroxyl groups is 1. The Balaban J connectivity index is 2.06. The van der Waals surface area contributed by atoms with E-state index in [1.807, 2.05) is 6.08 Å². The molecule has 1 atom stereocenters. The van der Waals surface area contributed by atoms with Gasteiger partial charge in [0.2, 0.25) is 0 Å². The van der Waals surface area contributed by atoms with E-state index in [9.17, 15) is 9.90 Å². The van der Waals surface area contributed by atoms with Gasteiger partial charge in [-0.3, -0.25) is 0 Å². The summed E-state index contributed by atoms with van der Waals surface area (Å²) in [6.45, 7) is 3.81. The third-order valence-electron chi connectivity index (χ3n) is 4.18. The van der Waals surface area contributed by atoms with Crippen LogP contribution >= 0.6 is 0 Å². The van der Waals surface area contributed by atoms with Crippen LogP contribution in [0.2, 0.25) is 0 Å². The van der Waals surface area contributed by atoms with Gasteiger partial charge in [0.1, 0.15) is 6.10 Å². The largest absolute Gasteiger partial charge is 0.450 e. The summed E-state index contributed by atoms with van der Waals surface area (Å²) in [6.07, 6.45) is 7.15. The quantitative estimate of drug-likeness (QED) is 0.527. The first-order chi connectivity index (χ1) is 8.49. The van der Waals surface area contributed by atoms with Crippen LogP contribution in [0, 0.1) is 0 Å². The number of fused-ring (bicyclic) bond motifs is 3. The summed E-state index contributed by atoms with van der Waals surface area (Å²) in [5.41, 5.74) is 3.02. The van der Waals surface area contributed by atoms with E-state index in [1.165, 1.54) is 11.1 Å². The van der Waals surface area contributed by atoms with Gasteiger partial charge in [0.25, 0.3) is 0 Å². The van der Waals surface area contributed by atoms with E-state index >= 15 is 0 Å². The zero-order valence-corrected chi connectivity index (χ0v) is 10.8. The highest BCUT2D eigenvalue weighted by atomic mass is 16.5. The Morgan fingerprint density at radius 1 is 1.39 bits per heavy atom. The van der Waals surface area contributed by atoms with Gasteiger partial charge in [0.15, 0.2) is 0 Å². The third kappa shape index (κ3) is 1.65. The highest BCUT2D eigenvalue weighted by Crippen LogP contribution is 2.48. The van der Waals surface area contributed by atoms with Gasteiger partial charge in [-0.25, -0.2) is 4.79 Å². The molecule has 0 aromatic rings. The lowest BCUT2D eigenvalue weighted by Gasteiger charge is -2.42. The van der Waals surface area contributed by atoms with Crippen LogP contribution in [0.4, 0.5) is 0 Å². The topological polar surface area (TPSA) is 46.5 Å². The number of hydrogen-bond acceptors (Lipinski definition) is 3. The van der Waals surface area contributed by atoms with Crippen LogP contribution in [0.15, 0.2) is 34.4 Å². The van der Waals surface area contributed by atoms with Gasteiger partial charge in [-0.05, 0) is 32.8 Å². The van der Waals surface area contributed by atoms with Crippen LogP contribution in [-0.2, 0) is 9.53 Å². The number of carbonyl (C=O) groups is 1. The minimum absolute atomic E-state index is 0.288. The van der Waals surface area contributed by atoms with Gasteiger partial charge in [0.05, 0.1) is 5.60 Å². The molecule has 0 amide bonds. The lowest BCUT2D eigenvalue weighted by Crippen LogP contribution is -2.44. The molecule has 1 fully saturated rings. The van der Waals surface area contributed by atoms with Crippen LogP contribution < -0.4 is 0 Å². The summed E-state index contributed by atoms with van der Waals surface area (Å²) in [4.78, 5) is 11.7. The maximum absolute atomic E-state index is 11.7. The van der Waals surface area contributed by atoms with Crippen LogP contribution in [-0.4, -0.2) is 22.8 Å². The summed E-state index contributed by atoms with van der Waals surface area (Å²) in [6, 6.07) is 0. The summed E-state index contributed by atoms with van der Waals surface area (Å²) >= 11 is 0. The van der Waals surface area contributed by atoms with Crippen molar-refractivity contribution in [3.05, 3.63) is 34.4 Å². The van der Waals surface area contributed by atoms with Crippen molar-refractivity contribution < 1.29 is 14.6 Å². The van der Waals surface area contributed by atoms with E-state index in [1.54, 1.807) is 6.92 Å². The molecule has 0 spiro atoms. The Morgan fingerprint density at radius 2 is 2.11 bits per heavy atom. The predicted molar refractivity (Wildman–Crippen MR) is 67.8 cm³/mol. The lowest BCUT2D eigenvalue weighted by molar-refractivity contribution is -0.138. The van der Waals surface area contributed by atoms with Crippen molar-refractivity contribution in [3.8, 4) is 0 Å². The van der Waals surface area contributed by atoms with E-state index < -0.39 is 5.60 Å². The first-order valence-electron chi connectivity index (χ1n) is 6.49. The number of rotatable bonds is 0. The zero-order chi connectivity index (χ0) is 12.9. The van der Waals surface area contributed by atoms with Gasteiger partial charge in [-0.2, -0.15) is 0 Å². The molecule has 3 nitrogen and oxygen atoms in total. The molecule has 4 rings (SSSR count). The van der Waals surface area contributed by atoms with Crippen LogP contribution in [0.1, 0.15) is 39.5 Å². The fourth-order valence-corrected chi connectivity index (χ4v) is 3.20. The number of ether oxygens (including phenoxy) is 1. The highest BCUT2D eigenvalue weighted by molar-refractivity contribution is 5.92. The Morgan fingerprint density at radius 3 is 2.83 bits per heavy atom. The van der Waals surface area contributed by atoms with Gasteiger partial charge in [-0.1, -0.05) is 17.2 Å². The second-order valence-corrected chi connectivity index (χ2v) is 5.66. The predicted octanol–water partition coefficient (Wildman–Crippen LogP) is 2.42. The second kappa shape index (κ2) is 3.82. The van der Waals surface area contributed by atoms with E-state index in [0.717, 1.165) is 18.4 Å². The first kappa shape index (κ1) is 11.7. The number of allylic oxidation sites excluding steroid dienone is 2. The molecular weight excluding hydrogens is 228 g/mol. The smallest absolute Gasteiger partial charge is 0.334 e. The molecule has 1 saturated carbocycles. The molecule has 3 aliphatic carbocycles. The number of hydrogen-bond donors (Lipinski definition) is 1. The lowest BCUT2D eigenvalue weighted by atomic mass is 9.68. The monoisotopic (exact) mass is 246 g/mol. The van der Waals surface area contributed by atoms with Crippen LogP contribution in [0.5, 0.6) is 0 Å². The van der Waals surface area contributed by atoms with Crippen molar-refractivity contribution in [1.82, 2.24) is 0 Å². The van der Waals surface area contributed by atoms with Crippen LogP contribution in [0.25, 0.3) is 0 Å². The average molecular weight is 246 g/mol. The van der Waals surface area contributed by atoms with Gasteiger partial charge >= 0.3 is 5.97 Å². The highest BCUT2D eigenvalue weighted by Gasteiger charge is 2.49. The summed E-state index contributed by atoms with van der Waals surface area (Å²) in [5, 5.41) is 10.6. The van der Waals surface area contributed by atoms with E-state index in [4.69, 9.17) is 4.74 Å². The Labute approximate surface area is 107 Å². The van der Waals surface area contributed by atoms with Crippen molar-refractivity contribution >= 4 is 5.97 Å². The molecule has 0 saturated heterocycles. The van der Waals surface area contributed by atoms with Gasteiger partial charge in [0, 0.05) is 24.0 Å². The minimum atomic E-state index is -0.860. The standard InChI is InChI=1S/C15H18O3/c1-9-4-3-5-11-7-15(17,8-11)13-10(2)14(16)18-12(13)6-9/h5-6,12,17H,3-4,7-8H2,1-2H3/b9-6+,11-5?/t12-,15?/m0/s1. The summed E-state index contributed by atoms with van der Waals surface area (Å²) in [7, 11) is 0. The summed E-state index contributed by atoms with van der Waals surface area (Å²) in [5.74, 6) is -0.288. The SMILES string of the molecule is CC1=C2[C@H](/C=C(\C)CCC=C3CC2(O)C3)OC1=O.